The van der Waals surface area contributed by atoms with Crippen molar-refractivity contribution in [1.82, 2.24) is 5.32 Å². The van der Waals surface area contributed by atoms with Crippen molar-refractivity contribution in [1.29, 1.82) is 0 Å². The lowest BCUT2D eigenvalue weighted by Crippen LogP contribution is -2.28. The minimum Gasteiger partial charge on any atom is -0.490 e. The molecule has 0 aliphatic rings. The zero-order valence-electron chi connectivity index (χ0n) is 15.8. The first-order valence-corrected chi connectivity index (χ1v) is 9.72. The van der Waals surface area contributed by atoms with E-state index < -0.39 is 0 Å². The Labute approximate surface area is 168 Å². The first kappa shape index (κ1) is 20.9. The molecule has 0 atom stereocenters. The molecular weight excluding hydrogens is 412 g/mol. The highest BCUT2D eigenvalue weighted by Gasteiger charge is 2.16. The van der Waals surface area contributed by atoms with Gasteiger partial charge in [-0.05, 0) is 38.5 Å². The maximum atomic E-state index is 12.3. The van der Waals surface area contributed by atoms with Gasteiger partial charge in [-0.3, -0.25) is 0 Å². The van der Waals surface area contributed by atoms with Gasteiger partial charge in [0.25, 0.3) is 0 Å². The van der Waals surface area contributed by atoms with Crippen LogP contribution in [0.1, 0.15) is 26.3 Å². The standard InChI is InChI=1S/C20H25BrN2O4/c1-4-25-17-11-16(12-18(26-5-2)19(17)27-6-3)23-20(24)22-13-14-7-9-15(21)10-8-14/h7-12H,4-6,13H2,1-3H3,(H2,22,23,24). The minimum absolute atomic E-state index is 0.313. The zero-order chi connectivity index (χ0) is 19.6. The van der Waals surface area contributed by atoms with Crippen molar-refractivity contribution < 1.29 is 19.0 Å². The Morgan fingerprint density at radius 2 is 1.48 bits per heavy atom. The average Bonchev–Trinajstić information content (AvgIpc) is 2.64. The Morgan fingerprint density at radius 3 is 2.00 bits per heavy atom. The number of anilines is 1. The molecule has 0 heterocycles. The molecule has 0 unspecified atom stereocenters. The van der Waals surface area contributed by atoms with Gasteiger partial charge >= 0.3 is 6.03 Å². The van der Waals surface area contributed by atoms with E-state index in [2.05, 4.69) is 26.6 Å². The van der Waals surface area contributed by atoms with E-state index in [0.29, 0.717) is 49.3 Å². The molecular formula is C20H25BrN2O4. The van der Waals surface area contributed by atoms with Gasteiger partial charge < -0.3 is 24.8 Å². The first-order valence-electron chi connectivity index (χ1n) is 8.93. The molecule has 0 aromatic heterocycles. The Hall–Kier alpha value is -2.41. The topological polar surface area (TPSA) is 68.8 Å². The fourth-order valence-corrected chi connectivity index (χ4v) is 2.69. The number of ether oxygens (including phenoxy) is 3. The number of rotatable bonds is 9. The molecule has 6 nitrogen and oxygen atoms in total. The summed E-state index contributed by atoms with van der Waals surface area (Å²) in [6.45, 7) is 7.54. The summed E-state index contributed by atoms with van der Waals surface area (Å²) in [5.74, 6) is 1.61. The van der Waals surface area contributed by atoms with Gasteiger partial charge in [-0.25, -0.2) is 4.79 Å². The van der Waals surface area contributed by atoms with Crippen LogP contribution in [0.5, 0.6) is 17.2 Å². The predicted octanol–water partition coefficient (Wildman–Crippen LogP) is 4.97. The Morgan fingerprint density at radius 1 is 0.926 bits per heavy atom. The van der Waals surface area contributed by atoms with Crippen LogP contribution in [0.3, 0.4) is 0 Å². The van der Waals surface area contributed by atoms with Crippen LogP contribution in [0.25, 0.3) is 0 Å². The van der Waals surface area contributed by atoms with Gasteiger partial charge in [-0.15, -0.1) is 0 Å². The van der Waals surface area contributed by atoms with E-state index >= 15 is 0 Å². The number of amides is 2. The van der Waals surface area contributed by atoms with Crippen LogP contribution in [0, 0.1) is 0 Å². The van der Waals surface area contributed by atoms with Crippen molar-refractivity contribution >= 4 is 27.6 Å². The lowest BCUT2D eigenvalue weighted by atomic mass is 10.2. The van der Waals surface area contributed by atoms with Crippen molar-refractivity contribution in [2.75, 3.05) is 25.1 Å². The summed E-state index contributed by atoms with van der Waals surface area (Å²) in [7, 11) is 0. The number of urea groups is 1. The number of carbonyl (C=O) groups is 1. The number of hydrogen-bond donors (Lipinski definition) is 2. The fourth-order valence-electron chi connectivity index (χ4n) is 2.42. The van der Waals surface area contributed by atoms with Gasteiger partial charge in [0.05, 0.1) is 25.5 Å². The van der Waals surface area contributed by atoms with Crippen molar-refractivity contribution in [2.45, 2.75) is 27.3 Å². The summed E-state index contributed by atoms with van der Waals surface area (Å²) in [5, 5.41) is 5.65. The van der Waals surface area contributed by atoms with Gasteiger partial charge in [0, 0.05) is 23.2 Å². The monoisotopic (exact) mass is 436 g/mol. The van der Waals surface area contributed by atoms with Crippen LogP contribution in [0.4, 0.5) is 10.5 Å². The highest BCUT2D eigenvalue weighted by atomic mass is 79.9. The normalized spacial score (nSPS) is 10.2. The number of carbonyl (C=O) groups excluding carboxylic acids is 1. The molecule has 2 rings (SSSR count). The van der Waals surface area contributed by atoms with Gasteiger partial charge in [0.1, 0.15) is 0 Å². The maximum Gasteiger partial charge on any atom is 0.319 e. The summed E-state index contributed by atoms with van der Waals surface area (Å²) in [5.41, 5.74) is 1.57. The van der Waals surface area contributed by atoms with Gasteiger partial charge in [-0.1, -0.05) is 28.1 Å². The number of halogens is 1. The lowest BCUT2D eigenvalue weighted by molar-refractivity contribution is 0.251. The second-order valence-electron chi connectivity index (χ2n) is 5.53. The van der Waals surface area contributed by atoms with E-state index in [-0.39, 0.29) is 6.03 Å². The third-order valence-electron chi connectivity index (χ3n) is 3.53. The molecule has 0 aliphatic carbocycles. The summed E-state index contributed by atoms with van der Waals surface area (Å²) in [6, 6.07) is 10.9. The third-order valence-corrected chi connectivity index (χ3v) is 4.06. The average molecular weight is 437 g/mol. The third kappa shape index (κ3) is 6.36. The molecule has 146 valence electrons. The van der Waals surface area contributed by atoms with Crippen LogP contribution in [-0.2, 0) is 6.54 Å². The number of benzene rings is 2. The van der Waals surface area contributed by atoms with E-state index in [0.717, 1.165) is 10.0 Å². The second-order valence-corrected chi connectivity index (χ2v) is 6.45. The second kappa shape index (κ2) is 10.7. The quantitative estimate of drug-likeness (QED) is 0.582. The Bertz CT molecular complexity index is 723. The number of hydrogen-bond acceptors (Lipinski definition) is 4. The molecule has 2 N–H and O–H groups in total. The summed E-state index contributed by atoms with van der Waals surface area (Å²) in [4.78, 5) is 12.3. The van der Waals surface area contributed by atoms with E-state index in [1.165, 1.54) is 0 Å². The molecule has 0 bridgehead atoms. The highest BCUT2D eigenvalue weighted by molar-refractivity contribution is 9.10. The molecule has 0 saturated carbocycles. The predicted molar refractivity (Wildman–Crippen MR) is 110 cm³/mol. The Kier molecular flexibility index (Phi) is 8.26. The van der Waals surface area contributed by atoms with Crippen LogP contribution < -0.4 is 24.8 Å². The molecule has 0 saturated heterocycles. The van der Waals surface area contributed by atoms with Gasteiger partial charge in [-0.2, -0.15) is 0 Å². The maximum absolute atomic E-state index is 12.3. The number of nitrogens with one attached hydrogen (secondary N) is 2. The van der Waals surface area contributed by atoms with Gasteiger partial charge in [0.15, 0.2) is 11.5 Å². The summed E-state index contributed by atoms with van der Waals surface area (Å²) >= 11 is 3.39. The molecule has 7 heteroatoms. The van der Waals surface area contributed by atoms with Crippen molar-refractivity contribution in [3.8, 4) is 17.2 Å². The SMILES string of the molecule is CCOc1cc(NC(=O)NCc2ccc(Br)cc2)cc(OCC)c1OCC. The summed E-state index contributed by atoms with van der Waals surface area (Å²) in [6.07, 6.45) is 0. The Balaban J connectivity index is 2.11. The largest absolute Gasteiger partial charge is 0.490 e. The van der Waals surface area contributed by atoms with E-state index in [1.54, 1.807) is 12.1 Å². The highest BCUT2D eigenvalue weighted by Crippen LogP contribution is 2.40. The molecule has 0 fully saturated rings. The van der Waals surface area contributed by atoms with Crippen molar-refractivity contribution in [3.63, 3.8) is 0 Å². The molecule has 0 spiro atoms. The minimum atomic E-state index is -0.313. The van der Waals surface area contributed by atoms with Gasteiger partial charge in [0.2, 0.25) is 5.75 Å². The lowest BCUT2D eigenvalue weighted by Gasteiger charge is -2.17. The molecule has 0 aliphatic heterocycles. The van der Waals surface area contributed by atoms with Crippen LogP contribution in [0.15, 0.2) is 40.9 Å². The summed E-state index contributed by atoms with van der Waals surface area (Å²) < 4.78 is 18.0. The van der Waals surface area contributed by atoms with E-state index in [1.807, 2.05) is 45.0 Å². The van der Waals surface area contributed by atoms with Crippen molar-refractivity contribution in [2.24, 2.45) is 0 Å². The van der Waals surface area contributed by atoms with Crippen LogP contribution in [0.2, 0.25) is 0 Å². The van der Waals surface area contributed by atoms with Crippen LogP contribution >= 0.6 is 15.9 Å². The zero-order valence-corrected chi connectivity index (χ0v) is 17.4. The molecule has 27 heavy (non-hydrogen) atoms. The van der Waals surface area contributed by atoms with E-state index in [9.17, 15) is 4.79 Å². The fraction of sp³-hybridized carbons (Fsp3) is 0.350. The molecule has 2 aromatic carbocycles. The van der Waals surface area contributed by atoms with E-state index in [4.69, 9.17) is 14.2 Å². The molecule has 2 aromatic rings. The molecule has 2 amide bonds. The molecule has 0 radical (unpaired) electrons. The first-order chi connectivity index (χ1) is 13.1. The smallest absolute Gasteiger partial charge is 0.319 e. The van der Waals surface area contributed by atoms with Crippen molar-refractivity contribution in [3.05, 3.63) is 46.4 Å². The van der Waals surface area contributed by atoms with Crippen LogP contribution in [-0.4, -0.2) is 25.9 Å².